The number of esters is 1. The van der Waals surface area contributed by atoms with Gasteiger partial charge in [-0.05, 0) is 17.7 Å². The van der Waals surface area contributed by atoms with Crippen molar-refractivity contribution in [3.05, 3.63) is 59.8 Å². The molecule has 0 saturated carbocycles. The van der Waals surface area contributed by atoms with Gasteiger partial charge in [-0.1, -0.05) is 30.3 Å². The Hall–Kier alpha value is -3.00. The number of hydrogen-bond acceptors (Lipinski definition) is 6. The lowest BCUT2D eigenvalue weighted by molar-refractivity contribution is 0.0593. The van der Waals surface area contributed by atoms with E-state index in [0.29, 0.717) is 11.1 Å². The lowest BCUT2D eigenvalue weighted by atomic mass is 10.2. The molecule has 136 valence electrons. The van der Waals surface area contributed by atoms with E-state index in [9.17, 15) is 13.2 Å². The highest BCUT2D eigenvalue weighted by Crippen LogP contribution is 2.33. The molecule has 3 rings (SSSR count). The molecule has 2 N–H and O–H groups in total. The van der Waals surface area contributed by atoms with Crippen LogP contribution >= 0.6 is 0 Å². The van der Waals surface area contributed by atoms with Gasteiger partial charge in [0.15, 0.2) is 0 Å². The number of nitrogen functional groups attached to an aromatic ring is 1. The number of nitrogens with zero attached hydrogens (tertiary/aromatic N) is 1. The minimum Gasteiger partial charge on any atom is -0.487 e. The topological polar surface area (TPSA) is 101 Å². The average molecular weight is 374 g/mol. The van der Waals surface area contributed by atoms with Crippen LogP contribution in [0.15, 0.2) is 48.5 Å². The molecule has 0 unspecified atom stereocenters. The number of benzene rings is 2. The fourth-order valence-electron chi connectivity index (χ4n) is 2.74. The van der Waals surface area contributed by atoms with Gasteiger partial charge in [0.2, 0.25) is 10.0 Å². The van der Waals surface area contributed by atoms with Gasteiger partial charge in [-0.25, -0.2) is 17.2 Å². The molecule has 0 aliphatic heterocycles. The third-order valence-corrected chi connectivity index (χ3v) is 4.85. The number of anilines is 1. The summed E-state index contributed by atoms with van der Waals surface area (Å²) in [6.45, 7) is 0.224. The molecule has 1 aromatic heterocycles. The fraction of sp³-hybridized carbons (Fsp3) is 0.167. The number of aromatic nitrogens is 1. The smallest absolute Gasteiger partial charge is 0.355 e. The average Bonchev–Trinajstić information content (AvgIpc) is 2.99. The van der Waals surface area contributed by atoms with Crippen molar-refractivity contribution in [2.75, 3.05) is 19.1 Å². The number of carbonyl (C=O) groups is 1. The normalized spacial score (nSPS) is 11.5. The maximum absolute atomic E-state index is 12.3. The van der Waals surface area contributed by atoms with Gasteiger partial charge >= 0.3 is 5.97 Å². The number of ether oxygens (including phenoxy) is 2. The molecule has 0 aliphatic rings. The van der Waals surface area contributed by atoms with Gasteiger partial charge in [0.25, 0.3) is 0 Å². The molecule has 0 amide bonds. The van der Waals surface area contributed by atoms with Crippen molar-refractivity contribution in [1.29, 1.82) is 0 Å². The number of rotatable bonds is 5. The number of methoxy groups -OCH3 is 1. The molecule has 8 heteroatoms. The molecule has 0 aliphatic carbocycles. The Morgan fingerprint density at radius 2 is 1.85 bits per heavy atom. The quantitative estimate of drug-likeness (QED) is 0.544. The number of carbonyl (C=O) groups excluding carboxylic acids is 1. The third kappa shape index (κ3) is 3.36. The first-order valence-corrected chi connectivity index (χ1v) is 9.56. The first-order chi connectivity index (χ1) is 12.3. The van der Waals surface area contributed by atoms with Crippen molar-refractivity contribution < 1.29 is 22.7 Å². The van der Waals surface area contributed by atoms with Crippen molar-refractivity contribution in [3.63, 3.8) is 0 Å². The van der Waals surface area contributed by atoms with Crippen LogP contribution < -0.4 is 10.5 Å². The highest BCUT2D eigenvalue weighted by atomic mass is 32.2. The monoisotopic (exact) mass is 374 g/mol. The van der Waals surface area contributed by atoms with E-state index in [0.717, 1.165) is 15.8 Å². The Morgan fingerprint density at radius 1 is 1.15 bits per heavy atom. The summed E-state index contributed by atoms with van der Waals surface area (Å²) in [6, 6.07) is 14.0. The van der Waals surface area contributed by atoms with Crippen LogP contribution in [0.5, 0.6) is 5.75 Å². The van der Waals surface area contributed by atoms with Gasteiger partial charge in [0.05, 0.1) is 13.4 Å². The van der Waals surface area contributed by atoms with Gasteiger partial charge in [-0.2, -0.15) is 0 Å². The van der Waals surface area contributed by atoms with Crippen LogP contribution in [0.4, 0.5) is 5.69 Å². The molecule has 3 aromatic rings. The van der Waals surface area contributed by atoms with E-state index in [2.05, 4.69) is 0 Å². The number of hydrogen-bond donors (Lipinski definition) is 1. The predicted molar refractivity (Wildman–Crippen MR) is 98.7 cm³/mol. The zero-order valence-corrected chi connectivity index (χ0v) is 15.1. The van der Waals surface area contributed by atoms with Crippen molar-refractivity contribution in [2.24, 2.45) is 0 Å². The predicted octanol–water partition coefficient (Wildman–Crippen LogP) is 2.40. The fourth-order valence-corrected chi connectivity index (χ4v) is 3.75. The molecule has 2 aromatic carbocycles. The Bertz CT molecular complexity index is 1070. The van der Waals surface area contributed by atoms with Crippen molar-refractivity contribution in [3.8, 4) is 5.75 Å². The molecule has 0 radical (unpaired) electrons. The van der Waals surface area contributed by atoms with Gasteiger partial charge in [-0.3, -0.25) is 0 Å². The summed E-state index contributed by atoms with van der Waals surface area (Å²) >= 11 is 0. The first kappa shape index (κ1) is 17.8. The zero-order valence-electron chi connectivity index (χ0n) is 14.3. The van der Waals surface area contributed by atoms with Gasteiger partial charge in [0, 0.05) is 17.1 Å². The van der Waals surface area contributed by atoms with E-state index in [4.69, 9.17) is 15.2 Å². The first-order valence-electron chi connectivity index (χ1n) is 7.72. The standard InChI is InChI=1S/C18H18N2O5S/c1-24-18(21)15-9-13-8-14(19)10-16(17(13)20(15)26(2,22)23)25-11-12-6-4-3-5-7-12/h3-10H,11,19H2,1-2H3. The summed E-state index contributed by atoms with van der Waals surface area (Å²) < 4.78 is 36.1. The number of fused-ring (bicyclic) bond motifs is 1. The zero-order chi connectivity index (χ0) is 18.9. The summed E-state index contributed by atoms with van der Waals surface area (Å²) in [6.07, 6.45) is 1.01. The summed E-state index contributed by atoms with van der Waals surface area (Å²) in [7, 11) is -2.61. The van der Waals surface area contributed by atoms with E-state index >= 15 is 0 Å². The highest BCUT2D eigenvalue weighted by Gasteiger charge is 2.25. The maximum Gasteiger partial charge on any atom is 0.355 e. The lowest BCUT2D eigenvalue weighted by Gasteiger charge is -2.12. The minimum absolute atomic E-state index is 0.111. The summed E-state index contributed by atoms with van der Waals surface area (Å²) in [5.74, 6) is -0.497. The second-order valence-electron chi connectivity index (χ2n) is 5.78. The van der Waals surface area contributed by atoms with Crippen LogP contribution in [0.2, 0.25) is 0 Å². The Balaban J connectivity index is 2.19. The number of nitrogens with two attached hydrogens (primary N) is 1. The maximum atomic E-state index is 12.3. The second-order valence-corrected chi connectivity index (χ2v) is 7.61. The SMILES string of the molecule is COC(=O)c1cc2cc(N)cc(OCc3ccccc3)c2n1S(C)(=O)=O. The Morgan fingerprint density at radius 3 is 2.46 bits per heavy atom. The molecule has 26 heavy (non-hydrogen) atoms. The van der Waals surface area contributed by atoms with Crippen LogP contribution in [0.1, 0.15) is 16.1 Å². The van der Waals surface area contributed by atoms with Crippen LogP contribution in [-0.4, -0.2) is 31.7 Å². The van der Waals surface area contributed by atoms with Crippen LogP contribution in [0, 0.1) is 0 Å². The molecule has 0 fully saturated rings. The molecule has 0 spiro atoms. The van der Waals surface area contributed by atoms with E-state index in [1.54, 1.807) is 6.07 Å². The minimum atomic E-state index is -3.80. The van der Waals surface area contributed by atoms with Crippen LogP contribution in [0.25, 0.3) is 10.9 Å². The van der Waals surface area contributed by atoms with Gasteiger partial charge < -0.3 is 15.2 Å². The summed E-state index contributed by atoms with van der Waals surface area (Å²) in [5.41, 5.74) is 7.36. The van der Waals surface area contributed by atoms with Gasteiger partial charge in [-0.15, -0.1) is 0 Å². The largest absolute Gasteiger partial charge is 0.487 e. The molecular weight excluding hydrogens is 356 g/mol. The van der Waals surface area contributed by atoms with Crippen LogP contribution in [-0.2, 0) is 21.4 Å². The van der Waals surface area contributed by atoms with E-state index in [1.807, 2.05) is 30.3 Å². The molecular formula is C18H18N2O5S. The summed E-state index contributed by atoms with van der Waals surface area (Å²) in [5, 5.41) is 0.471. The molecule has 7 nitrogen and oxygen atoms in total. The second kappa shape index (κ2) is 6.72. The Labute approximate surface area is 151 Å². The van der Waals surface area contributed by atoms with E-state index in [-0.39, 0.29) is 23.6 Å². The highest BCUT2D eigenvalue weighted by molar-refractivity contribution is 7.89. The summed E-state index contributed by atoms with van der Waals surface area (Å²) in [4.78, 5) is 12.0. The lowest BCUT2D eigenvalue weighted by Crippen LogP contribution is -2.17. The molecule has 0 saturated heterocycles. The van der Waals surface area contributed by atoms with Crippen molar-refractivity contribution >= 4 is 32.6 Å². The van der Waals surface area contributed by atoms with Crippen LogP contribution in [0.3, 0.4) is 0 Å². The van der Waals surface area contributed by atoms with E-state index < -0.39 is 16.0 Å². The molecule has 0 atom stereocenters. The van der Waals surface area contributed by atoms with Crippen molar-refractivity contribution in [2.45, 2.75) is 6.61 Å². The molecule has 0 bridgehead atoms. The van der Waals surface area contributed by atoms with Gasteiger partial charge in [0.1, 0.15) is 23.6 Å². The Kier molecular flexibility index (Phi) is 4.60. The van der Waals surface area contributed by atoms with E-state index in [1.165, 1.54) is 19.2 Å². The molecule has 1 heterocycles. The third-order valence-electron chi connectivity index (χ3n) is 3.80. The van der Waals surface area contributed by atoms with Crippen molar-refractivity contribution in [1.82, 2.24) is 3.97 Å².